The first-order valence-corrected chi connectivity index (χ1v) is 6.20. The Bertz CT molecular complexity index is 521. The Labute approximate surface area is 120 Å². The molecular formula is C13H15F3N2OS. The number of hydrogen-bond acceptors (Lipinski definition) is 2. The third kappa shape index (κ3) is 4.80. The van der Waals surface area contributed by atoms with Gasteiger partial charge in [-0.15, -0.1) is 0 Å². The first kappa shape index (κ1) is 16.4. The van der Waals surface area contributed by atoms with Gasteiger partial charge in [0, 0.05) is 11.1 Å². The number of thiocarbonyl (C=S) groups is 1. The summed E-state index contributed by atoms with van der Waals surface area (Å²) in [7, 11) is 0. The average molecular weight is 304 g/mol. The maximum Gasteiger partial charge on any atom is 0.416 e. The Morgan fingerprint density at radius 2 is 1.80 bits per heavy atom. The lowest BCUT2D eigenvalue weighted by molar-refractivity contribution is -0.137. The Balaban J connectivity index is 2.75. The Hall–Kier alpha value is -1.63. The topological polar surface area (TPSA) is 41.1 Å². The smallest absolute Gasteiger partial charge is 0.332 e. The van der Waals surface area contributed by atoms with Gasteiger partial charge >= 0.3 is 6.18 Å². The maximum atomic E-state index is 12.5. The molecule has 1 amide bonds. The van der Waals surface area contributed by atoms with Crippen LogP contribution < -0.4 is 10.6 Å². The highest BCUT2D eigenvalue weighted by molar-refractivity contribution is 7.80. The van der Waals surface area contributed by atoms with Gasteiger partial charge in [0.2, 0.25) is 5.91 Å². The summed E-state index contributed by atoms with van der Waals surface area (Å²) in [6.45, 7) is 5.11. The van der Waals surface area contributed by atoms with Crippen LogP contribution in [0.3, 0.4) is 0 Å². The molecule has 7 heteroatoms. The molecule has 0 heterocycles. The summed E-state index contributed by atoms with van der Waals surface area (Å²) in [6.07, 6.45) is -4.42. The highest BCUT2D eigenvalue weighted by Gasteiger charge is 2.30. The molecule has 1 aromatic carbocycles. The van der Waals surface area contributed by atoms with Gasteiger partial charge in [-0.05, 0) is 30.4 Å². The number of rotatable bonds is 1. The van der Waals surface area contributed by atoms with Gasteiger partial charge in [0.15, 0.2) is 5.11 Å². The molecule has 3 nitrogen and oxygen atoms in total. The summed E-state index contributed by atoms with van der Waals surface area (Å²) in [5.41, 5.74) is -1.26. The van der Waals surface area contributed by atoms with Gasteiger partial charge in [0.1, 0.15) is 0 Å². The maximum absolute atomic E-state index is 12.5. The minimum atomic E-state index is -4.42. The molecule has 0 fully saturated rings. The van der Waals surface area contributed by atoms with Gasteiger partial charge in [0.25, 0.3) is 0 Å². The number of carbonyl (C=O) groups excluding carboxylic acids is 1. The highest BCUT2D eigenvalue weighted by Crippen LogP contribution is 2.30. The van der Waals surface area contributed by atoms with Gasteiger partial charge in [0.05, 0.1) is 5.56 Å². The van der Waals surface area contributed by atoms with Crippen LogP contribution in [0.15, 0.2) is 24.3 Å². The van der Waals surface area contributed by atoms with Gasteiger partial charge in [-0.1, -0.05) is 26.8 Å². The van der Waals surface area contributed by atoms with Crippen LogP contribution in [0.25, 0.3) is 0 Å². The number of nitrogens with one attached hydrogen (secondary N) is 2. The van der Waals surface area contributed by atoms with E-state index < -0.39 is 17.2 Å². The van der Waals surface area contributed by atoms with Crippen molar-refractivity contribution in [2.24, 2.45) is 5.41 Å². The van der Waals surface area contributed by atoms with E-state index in [0.717, 1.165) is 12.1 Å². The average Bonchev–Trinajstić information content (AvgIpc) is 2.26. The van der Waals surface area contributed by atoms with Crippen molar-refractivity contribution >= 4 is 28.9 Å². The van der Waals surface area contributed by atoms with Crippen molar-refractivity contribution in [2.75, 3.05) is 5.32 Å². The minimum absolute atomic E-state index is 0.0377. The van der Waals surface area contributed by atoms with Crippen LogP contribution in [-0.2, 0) is 11.0 Å². The lowest BCUT2D eigenvalue weighted by Gasteiger charge is -2.18. The Kier molecular flexibility index (Phi) is 4.75. The molecule has 0 saturated carbocycles. The minimum Gasteiger partial charge on any atom is -0.332 e. The van der Waals surface area contributed by atoms with Crippen molar-refractivity contribution < 1.29 is 18.0 Å². The van der Waals surface area contributed by atoms with Crippen molar-refractivity contribution in [1.82, 2.24) is 5.32 Å². The molecule has 0 atom stereocenters. The zero-order valence-electron chi connectivity index (χ0n) is 11.3. The molecule has 20 heavy (non-hydrogen) atoms. The van der Waals surface area contributed by atoms with E-state index in [9.17, 15) is 18.0 Å². The molecule has 2 N–H and O–H groups in total. The molecule has 0 spiro atoms. The fourth-order valence-corrected chi connectivity index (χ4v) is 1.44. The van der Waals surface area contributed by atoms with Crippen LogP contribution in [0.1, 0.15) is 26.3 Å². The van der Waals surface area contributed by atoms with Crippen molar-refractivity contribution in [3.8, 4) is 0 Å². The monoisotopic (exact) mass is 304 g/mol. The molecule has 0 saturated heterocycles. The van der Waals surface area contributed by atoms with Gasteiger partial charge in [-0.3, -0.25) is 4.79 Å². The number of hydrogen-bond donors (Lipinski definition) is 2. The lowest BCUT2D eigenvalue weighted by Crippen LogP contribution is -2.41. The van der Waals surface area contributed by atoms with E-state index >= 15 is 0 Å². The second-order valence-corrected chi connectivity index (χ2v) is 5.65. The molecule has 0 aliphatic carbocycles. The molecular weight excluding hydrogens is 289 g/mol. The van der Waals surface area contributed by atoms with Crippen molar-refractivity contribution in [2.45, 2.75) is 26.9 Å². The third-order valence-electron chi connectivity index (χ3n) is 2.36. The zero-order valence-corrected chi connectivity index (χ0v) is 12.1. The number of anilines is 1. The number of benzene rings is 1. The Morgan fingerprint density at radius 1 is 1.20 bits per heavy atom. The normalized spacial score (nSPS) is 11.9. The van der Waals surface area contributed by atoms with Crippen LogP contribution >= 0.6 is 12.2 Å². The third-order valence-corrected chi connectivity index (χ3v) is 2.56. The number of amides is 1. The van der Waals surface area contributed by atoms with Crippen LogP contribution in [0.2, 0.25) is 0 Å². The first-order valence-electron chi connectivity index (χ1n) is 5.80. The number of halogens is 3. The zero-order chi connectivity index (χ0) is 15.6. The largest absolute Gasteiger partial charge is 0.416 e. The fourth-order valence-electron chi connectivity index (χ4n) is 1.23. The summed E-state index contributed by atoms with van der Waals surface area (Å²) >= 11 is 4.89. The summed E-state index contributed by atoms with van der Waals surface area (Å²) in [4.78, 5) is 11.7. The van der Waals surface area contributed by atoms with Crippen LogP contribution in [0.4, 0.5) is 18.9 Å². The fraction of sp³-hybridized carbons (Fsp3) is 0.385. The van der Waals surface area contributed by atoms with E-state index in [4.69, 9.17) is 12.2 Å². The number of alkyl halides is 3. The Morgan fingerprint density at radius 3 is 2.30 bits per heavy atom. The van der Waals surface area contributed by atoms with E-state index in [0.29, 0.717) is 0 Å². The predicted molar refractivity (Wildman–Crippen MR) is 75.3 cm³/mol. The molecule has 0 bridgehead atoms. The molecule has 1 aromatic rings. The molecule has 0 radical (unpaired) electrons. The van der Waals surface area contributed by atoms with Gasteiger partial charge in [-0.25, -0.2) is 0 Å². The van der Waals surface area contributed by atoms with Crippen molar-refractivity contribution in [1.29, 1.82) is 0 Å². The van der Waals surface area contributed by atoms with Crippen LogP contribution in [0, 0.1) is 5.41 Å². The van der Waals surface area contributed by atoms with Crippen LogP contribution in [0.5, 0.6) is 0 Å². The second kappa shape index (κ2) is 5.78. The molecule has 0 aromatic heterocycles. The summed E-state index contributed by atoms with van der Waals surface area (Å²) in [5, 5.41) is 4.95. The molecule has 0 aliphatic heterocycles. The van der Waals surface area contributed by atoms with Crippen molar-refractivity contribution in [3.63, 3.8) is 0 Å². The standard InChI is InChI=1S/C13H15F3N2OS/c1-12(2,3)10(19)18-11(20)17-9-6-4-5-8(7-9)13(14,15)16/h4-7H,1-3H3,(H2,17,18,19,20). The quantitative estimate of drug-likeness (QED) is 0.779. The van der Waals surface area contributed by atoms with E-state index in [1.807, 2.05) is 0 Å². The molecule has 0 aliphatic rings. The van der Waals surface area contributed by atoms with E-state index in [-0.39, 0.29) is 16.7 Å². The summed E-state index contributed by atoms with van der Waals surface area (Å²) in [5.74, 6) is -0.318. The summed E-state index contributed by atoms with van der Waals surface area (Å²) < 4.78 is 37.6. The predicted octanol–water partition coefficient (Wildman–Crippen LogP) is 3.56. The number of carbonyl (C=O) groups is 1. The highest BCUT2D eigenvalue weighted by atomic mass is 32.1. The lowest BCUT2D eigenvalue weighted by atomic mass is 9.96. The summed E-state index contributed by atoms with van der Waals surface area (Å²) in [6, 6.07) is 4.58. The first-order chi connectivity index (χ1) is 9.00. The molecule has 0 unspecified atom stereocenters. The van der Waals surface area contributed by atoms with E-state index in [2.05, 4.69) is 10.6 Å². The molecule has 110 valence electrons. The second-order valence-electron chi connectivity index (χ2n) is 5.24. The van der Waals surface area contributed by atoms with Crippen molar-refractivity contribution in [3.05, 3.63) is 29.8 Å². The van der Waals surface area contributed by atoms with E-state index in [1.165, 1.54) is 12.1 Å². The SMILES string of the molecule is CC(C)(C)C(=O)NC(=S)Nc1cccc(C(F)(F)F)c1. The molecule has 1 rings (SSSR count). The van der Waals surface area contributed by atoms with E-state index in [1.54, 1.807) is 20.8 Å². The van der Waals surface area contributed by atoms with Gasteiger partial charge < -0.3 is 10.6 Å². The van der Waals surface area contributed by atoms with Gasteiger partial charge in [-0.2, -0.15) is 13.2 Å². The van der Waals surface area contributed by atoms with Crippen LogP contribution in [-0.4, -0.2) is 11.0 Å².